The first-order valence-electron chi connectivity index (χ1n) is 7.54. The number of hydrogen-bond donors (Lipinski definition) is 1. The molecule has 2 aromatic carbocycles. The summed E-state index contributed by atoms with van der Waals surface area (Å²) in [5.41, 5.74) is 3.57. The molecule has 3 rings (SSSR count). The zero-order chi connectivity index (χ0) is 17.3. The van der Waals surface area contributed by atoms with Crippen molar-refractivity contribution in [2.75, 3.05) is 23.3 Å². The highest BCUT2D eigenvalue weighted by molar-refractivity contribution is 9.10. The van der Waals surface area contributed by atoms with Gasteiger partial charge < -0.3 is 15.0 Å². The van der Waals surface area contributed by atoms with Crippen LogP contribution in [0.5, 0.6) is 5.75 Å². The van der Waals surface area contributed by atoms with Crippen LogP contribution >= 0.6 is 15.9 Å². The Hall–Kier alpha value is -2.34. The van der Waals surface area contributed by atoms with E-state index in [2.05, 4.69) is 21.2 Å². The normalized spacial score (nSPS) is 13.3. The van der Waals surface area contributed by atoms with Gasteiger partial charge in [-0.15, -0.1) is 0 Å². The van der Waals surface area contributed by atoms with Gasteiger partial charge in [0.25, 0.3) is 0 Å². The van der Waals surface area contributed by atoms with Gasteiger partial charge in [0.15, 0.2) is 5.75 Å². The Morgan fingerprint density at radius 3 is 2.79 bits per heavy atom. The van der Waals surface area contributed by atoms with Crippen LogP contribution in [0.3, 0.4) is 0 Å². The van der Waals surface area contributed by atoms with E-state index in [4.69, 9.17) is 4.74 Å². The number of esters is 1. The molecule has 0 saturated carbocycles. The van der Waals surface area contributed by atoms with Gasteiger partial charge in [0, 0.05) is 10.2 Å². The molecule has 0 spiro atoms. The Bertz CT molecular complexity index is 820. The number of halogens is 1. The Balaban J connectivity index is 1.76. The zero-order valence-electron chi connectivity index (χ0n) is 13.4. The van der Waals surface area contributed by atoms with Crippen LogP contribution in [0.15, 0.2) is 40.9 Å². The summed E-state index contributed by atoms with van der Waals surface area (Å²) in [7, 11) is 0. The third-order valence-corrected chi connectivity index (χ3v) is 4.66. The second-order valence-electron chi connectivity index (χ2n) is 5.81. The number of nitrogens with one attached hydrogen (secondary N) is 1. The fourth-order valence-electron chi connectivity index (χ4n) is 2.59. The van der Waals surface area contributed by atoms with E-state index < -0.39 is 0 Å². The fraction of sp³-hybridized carbons (Fsp3) is 0.222. The molecule has 0 unspecified atom stereocenters. The van der Waals surface area contributed by atoms with Crippen molar-refractivity contribution in [3.8, 4) is 5.75 Å². The first kappa shape index (κ1) is 16.5. The second kappa shape index (κ2) is 6.65. The van der Waals surface area contributed by atoms with Crippen molar-refractivity contribution in [1.29, 1.82) is 0 Å². The van der Waals surface area contributed by atoms with Gasteiger partial charge >= 0.3 is 5.97 Å². The quantitative estimate of drug-likeness (QED) is 0.646. The molecule has 24 heavy (non-hydrogen) atoms. The lowest BCUT2D eigenvalue weighted by Crippen LogP contribution is -2.41. The van der Waals surface area contributed by atoms with Gasteiger partial charge in [-0.25, -0.2) is 4.79 Å². The SMILES string of the molecule is Cc1ccc2c(c1)N(CC(=O)Nc1ccc(Br)c(C)c1)CC(=O)O2. The molecular formula is C18H17BrN2O3. The van der Waals surface area contributed by atoms with E-state index in [9.17, 15) is 9.59 Å². The molecule has 0 atom stereocenters. The Kier molecular flexibility index (Phi) is 4.57. The molecule has 0 bridgehead atoms. The monoisotopic (exact) mass is 388 g/mol. The molecule has 1 N–H and O–H groups in total. The van der Waals surface area contributed by atoms with E-state index in [-0.39, 0.29) is 25.0 Å². The predicted molar refractivity (Wildman–Crippen MR) is 96.5 cm³/mol. The zero-order valence-corrected chi connectivity index (χ0v) is 15.0. The van der Waals surface area contributed by atoms with E-state index in [1.165, 1.54) is 0 Å². The standard InChI is InChI=1S/C18H17BrN2O3/c1-11-3-6-16-15(7-11)21(10-18(23)24-16)9-17(22)20-13-4-5-14(19)12(2)8-13/h3-8H,9-10H2,1-2H3,(H,20,22). The lowest BCUT2D eigenvalue weighted by Gasteiger charge is -2.29. The summed E-state index contributed by atoms with van der Waals surface area (Å²) in [5, 5.41) is 2.86. The smallest absolute Gasteiger partial charge is 0.331 e. The Labute approximate surface area is 148 Å². The molecule has 1 amide bonds. The number of anilines is 2. The van der Waals surface area contributed by atoms with Crippen molar-refractivity contribution < 1.29 is 14.3 Å². The number of amides is 1. The van der Waals surface area contributed by atoms with Crippen LogP contribution in [0.25, 0.3) is 0 Å². The minimum Gasteiger partial charge on any atom is -0.423 e. The molecule has 6 heteroatoms. The topological polar surface area (TPSA) is 58.6 Å². The maximum absolute atomic E-state index is 12.4. The maximum atomic E-state index is 12.4. The van der Waals surface area contributed by atoms with Gasteiger partial charge in [-0.3, -0.25) is 4.79 Å². The summed E-state index contributed by atoms with van der Waals surface area (Å²) < 4.78 is 6.22. The number of benzene rings is 2. The van der Waals surface area contributed by atoms with Crippen molar-refractivity contribution >= 4 is 39.2 Å². The number of rotatable bonds is 3. The Morgan fingerprint density at radius 1 is 1.25 bits per heavy atom. The summed E-state index contributed by atoms with van der Waals surface area (Å²) in [5.74, 6) is -0.0540. The highest BCUT2D eigenvalue weighted by atomic mass is 79.9. The lowest BCUT2D eigenvalue weighted by molar-refractivity contribution is -0.133. The van der Waals surface area contributed by atoms with E-state index in [1.54, 1.807) is 11.0 Å². The van der Waals surface area contributed by atoms with Crippen molar-refractivity contribution in [2.45, 2.75) is 13.8 Å². The summed E-state index contributed by atoms with van der Waals surface area (Å²) in [6, 6.07) is 11.2. The molecule has 2 aromatic rings. The van der Waals surface area contributed by atoms with Gasteiger partial charge in [0.1, 0.15) is 6.54 Å². The summed E-state index contributed by atoms with van der Waals surface area (Å²) in [4.78, 5) is 25.8. The molecule has 1 heterocycles. The lowest BCUT2D eigenvalue weighted by atomic mass is 10.1. The molecule has 1 aliphatic rings. The van der Waals surface area contributed by atoms with Crippen molar-refractivity contribution in [1.82, 2.24) is 0 Å². The van der Waals surface area contributed by atoms with Crippen molar-refractivity contribution in [3.63, 3.8) is 0 Å². The number of carbonyl (C=O) groups excluding carboxylic acids is 2. The third kappa shape index (κ3) is 3.59. The second-order valence-corrected chi connectivity index (χ2v) is 6.67. The van der Waals surface area contributed by atoms with Gasteiger partial charge in [-0.05, 0) is 55.3 Å². The molecule has 124 valence electrons. The minimum absolute atomic E-state index is 0.0588. The number of carbonyl (C=O) groups is 2. The molecule has 0 saturated heterocycles. The summed E-state index contributed by atoms with van der Waals surface area (Å²) in [6.07, 6.45) is 0. The molecule has 0 aromatic heterocycles. The van der Waals surface area contributed by atoms with Crippen molar-refractivity contribution in [2.24, 2.45) is 0 Å². The van der Waals surface area contributed by atoms with Crippen LogP contribution in [0.1, 0.15) is 11.1 Å². The summed E-state index contributed by atoms with van der Waals surface area (Å²) in [6.45, 7) is 4.06. The van der Waals surface area contributed by atoms with Gasteiger partial charge in [0.2, 0.25) is 5.91 Å². The van der Waals surface area contributed by atoms with Crippen LogP contribution in [-0.4, -0.2) is 25.0 Å². The molecule has 0 aliphatic carbocycles. The van der Waals surface area contributed by atoms with Crippen LogP contribution in [0.4, 0.5) is 11.4 Å². The van der Waals surface area contributed by atoms with Crippen LogP contribution < -0.4 is 15.0 Å². The maximum Gasteiger partial charge on any atom is 0.331 e. The van der Waals surface area contributed by atoms with Gasteiger partial charge in [0.05, 0.1) is 12.2 Å². The third-order valence-electron chi connectivity index (χ3n) is 3.78. The van der Waals surface area contributed by atoms with E-state index >= 15 is 0 Å². The number of aryl methyl sites for hydroxylation is 2. The van der Waals surface area contributed by atoms with Crippen molar-refractivity contribution in [3.05, 3.63) is 52.0 Å². The van der Waals surface area contributed by atoms with Crippen LogP contribution in [0, 0.1) is 13.8 Å². The number of ether oxygens (including phenoxy) is 1. The fourth-order valence-corrected chi connectivity index (χ4v) is 2.84. The average Bonchev–Trinajstić information content (AvgIpc) is 2.51. The van der Waals surface area contributed by atoms with Crippen LogP contribution in [0.2, 0.25) is 0 Å². The first-order valence-corrected chi connectivity index (χ1v) is 8.34. The largest absolute Gasteiger partial charge is 0.423 e. The summed E-state index contributed by atoms with van der Waals surface area (Å²) >= 11 is 3.43. The highest BCUT2D eigenvalue weighted by Gasteiger charge is 2.25. The molecule has 0 fully saturated rings. The number of nitrogens with zero attached hydrogens (tertiary/aromatic N) is 1. The minimum atomic E-state index is -0.362. The highest BCUT2D eigenvalue weighted by Crippen LogP contribution is 2.32. The predicted octanol–water partition coefficient (Wildman–Crippen LogP) is 3.43. The molecule has 0 radical (unpaired) electrons. The van der Waals surface area contributed by atoms with Gasteiger partial charge in [-0.2, -0.15) is 0 Å². The average molecular weight is 389 g/mol. The number of hydrogen-bond acceptors (Lipinski definition) is 4. The van der Waals surface area contributed by atoms with Gasteiger partial charge in [-0.1, -0.05) is 22.0 Å². The molecule has 5 nitrogen and oxygen atoms in total. The van der Waals surface area contributed by atoms with E-state index in [0.29, 0.717) is 5.75 Å². The Morgan fingerprint density at radius 2 is 2.04 bits per heavy atom. The van der Waals surface area contributed by atoms with E-state index in [0.717, 1.165) is 27.0 Å². The van der Waals surface area contributed by atoms with Crippen LogP contribution in [-0.2, 0) is 9.59 Å². The molecular weight excluding hydrogens is 372 g/mol. The number of fused-ring (bicyclic) bond motifs is 1. The first-order chi connectivity index (χ1) is 11.4. The molecule has 1 aliphatic heterocycles. The van der Waals surface area contributed by atoms with E-state index in [1.807, 2.05) is 44.2 Å².